The molecule has 0 nitrogen and oxygen atoms in total. The Morgan fingerprint density at radius 3 is 1.83 bits per heavy atom. The van der Waals surface area contributed by atoms with Gasteiger partial charge in [0.2, 0.25) is 0 Å². The molecule has 0 fully saturated rings. The Hall–Kier alpha value is 1.38. The van der Waals surface area contributed by atoms with E-state index in [2.05, 4.69) is 10.8 Å². The van der Waals surface area contributed by atoms with Crippen LogP contribution in [0.2, 0.25) is 0 Å². The topological polar surface area (TPSA) is 0 Å². The van der Waals surface area contributed by atoms with Crippen molar-refractivity contribution >= 4 is 23.5 Å². The Morgan fingerprint density at radius 2 is 1.67 bits per heavy atom. The van der Waals surface area contributed by atoms with Crippen molar-refractivity contribution < 1.29 is 27.7 Å². The molecule has 1 rings (SSSR count). The van der Waals surface area contributed by atoms with Gasteiger partial charge in [0.1, 0.15) is 0 Å². The van der Waals surface area contributed by atoms with Crippen LogP contribution in [0.3, 0.4) is 0 Å². The maximum atomic E-state index is 2.12. The van der Waals surface area contributed by atoms with Gasteiger partial charge in [-0.25, -0.2) is 0 Å². The summed E-state index contributed by atoms with van der Waals surface area (Å²) in [7, 11) is 0. The SMILES string of the molecule is C1=CSCS1.[Hg]. The molecule has 0 aromatic heterocycles. The first-order chi connectivity index (χ1) is 2.50. The largest absolute Gasteiger partial charge is 0.122 e. The van der Waals surface area contributed by atoms with E-state index in [0.29, 0.717) is 0 Å². The fraction of sp³-hybridized carbons (Fsp3) is 0.333. The summed E-state index contributed by atoms with van der Waals surface area (Å²) in [5, 5.41) is 5.45. The molecule has 30 valence electrons. The second-order valence-electron chi connectivity index (χ2n) is 0.723. The standard InChI is InChI=1S/C3H4S2.Hg/c1-2-5-3-4-1;/h1-2H,3H2;. The summed E-state index contributed by atoms with van der Waals surface area (Å²) in [5.41, 5.74) is 0. The Balaban J connectivity index is 0.000000250. The molecule has 0 bridgehead atoms. The van der Waals surface area contributed by atoms with Gasteiger partial charge in [0.05, 0.1) is 0 Å². The predicted molar refractivity (Wildman–Crippen MR) is 29.2 cm³/mol. The predicted octanol–water partition coefficient (Wildman–Crippen LogP) is 1.89. The van der Waals surface area contributed by atoms with Crippen LogP contribution in [-0.2, 0) is 27.7 Å². The van der Waals surface area contributed by atoms with E-state index in [1.165, 1.54) is 5.08 Å². The van der Waals surface area contributed by atoms with Crippen molar-refractivity contribution in [2.45, 2.75) is 0 Å². The van der Waals surface area contributed by atoms with Gasteiger partial charge in [-0.2, -0.15) is 0 Å². The van der Waals surface area contributed by atoms with Gasteiger partial charge in [0.25, 0.3) is 0 Å². The van der Waals surface area contributed by atoms with E-state index in [0.717, 1.165) is 0 Å². The Labute approximate surface area is 66.7 Å². The van der Waals surface area contributed by atoms with E-state index >= 15 is 0 Å². The molecule has 0 saturated carbocycles. The zero-order valence-corrected chi connectivity index (χ0v) is 10.5. The van der Waals surface area contributed by atoms with Crippen LogP contribution in [-0.4, -0.2) is 5.08 Å². The third-order valence-corrected chi connectivity index (χ3v) is 2.30. The van der Waals surface area contributed by atoms with Gasteiger partial charge in [-0.05, 0) is 10.8 Å². The maximum Gasteiger partial charge on any atom is 0.0475 e. The van der Waals surface area contributed by atoms with Gasteiger partial charge in [0, 0.05) is 32.8 Å². The van der Waals surface area contributed by atoms with Crippen molar-refractivity contribution in [1.29, 1.82) is 0 Å². The summed E-state index contributed by atoms with van der Waals surface area (Å²) in [6, 6.07) is 0. The molecule has 0 saturated heterocycles. The van der Waals surface area contributed by atoms with Gasteiger partial charge in [0.15, 0.2) is 0 Å². The van der Waals surface area contributed by atoms with Crippen LogP contribution in [0.5, 0.6) is 0 Å². The molecule has 1 aliphatic heterocycles. The molecule has 0 aliphatic carbocycles. The average Bonchev–Trinajstić information content (AvgIpc) is 1.76. The Morgan fingerprint density at radius 1 is 1.17 bits per heavy atom. The molecule has 1 heterocycles. The van der Waals surface area contributed by atoms with Crippen LogP contribution < -0.4 is 0 Å². The molecule has 0 amide bonds. The fourth-order valence-electron chi connectivity index (χ4n) is 0.196. The van der Waals surface area contributed by atoms with Crippen LogP contribution >= 0.6 is 23.5 Å². The van der Waals surface area contributed by atoms with Crippen molar-refractivity contribution in [2.75, 3.05) is 5.08 Å². The number of rotatable bonds is 0. The minimum Gasteiger partial charge on any atom is -0.122 e. The summed E-state index contributed by atoms with van der Waals surface area (Å²) in [4.78, 5) is 0. The second kappa shape index (κ2) is 4.53. The van der Waals surface area contributed by atoms with Crippen molar-refractivity contribution in [3.8, 4) is 0 Å². The second-order valence-corrected chi connectivity index (χ2v) is 2.88. The molecule has 0 unspecified atom stereocenters. The van der Waals surface area contributed by atoms with Gasteiger partial charge >= 0.3 is 0 Å². The molecule has 1 aliphatic rings. The van der Waals surface area contributed by atoms with Crippen molar-refractivity contribution in [3.05, 3.63) is 10.8 Å². The molecule has 3 heteroatoms. The van der Waals surface area contributed by atoms with Crippen LogP contribution in [0.25, 0.3) is 0 Å². The van der Waals surface area contributed by atoms with Crippen LogP contribution in [0.4, 0.5) is 0 Å². The Bertz CT molecular complexity index is 46.8. The van der Waals surface area contributed by atoms with Crippen molar-refractivity contribution in [2.24, 2.45) is 0 Å². The Kier molecular flexibility index (Phi) is 5.57. The summed E-state index contributed by atoms with van der Waals surface area (Å²) >= 11 is 3.71. The van der Waals surface area contributed by atoms with E-state index in [-0.39, 0.29) is 27.7 Å². The van der Waals surface area contributed by atoms with Gasteiger partial charge < -0.3 is 0 Å². The third-order valence-electron chi connectivity index (χ3n) is 0.384. The summed E-state index contributed by atoms with van der Waals surface area (Å²) in [6.45, 7) is 0. The third kappa shape index (κ3) is 2.53. The average molecular weight is 305 g/mol. The van der Waals surface area contributed by atoms with Gasteiger partial charge in [-0.3, -0.25) is 0 Å². The molecular weight excluding hydrogens is 301 g/mol. The van der Waals surface area contributed by atoms with Crippen molar-refractivity contribution in [1.82, 2.24) is 0 Å². The number of hydrogen-bond acceptors (Lipinski definition) is 2. The van der Waals surface area contributed by atoms with E-state index in [9.17, 15) is 0 Å². The number of hydrogen-bond donors (Lipinski definition) is 0. The van der Waals surface area contributed by atoms with E-state index in [1.54, 1.807) is 0 Å². The minimum atomic E-state index is 0. The van der Waals surface area contributed by atoms with Crippen molar-refractivity contribution in [3.63, 3.8) is 0 Å². The number of thioether (sulfide) groups is 2. The zero-order chi connectivity index (χ0) is 3.54. The van der Waals surface area contributed by atoms with Crippen LogP contribution in [0, 0.1) is 0 Å². The summed E-state index contributed by atoms with van der Waals surface area (Å²) < 4.78 is 0. The molecule has 0 atom stereocenters. The van der Waals surface area contributed by atoms with Crippen LogP contribution in [0.1, 0.15) is 0 Å². The maximum absolute atomic E-state index is 2.12. The molecular formula is C3H4HgS2. The zero-order valence-electron chi connectivity index (χ0n) is 3.39. The molecule has 0 N–H and O–H groups in total. The molecule has 0 aromatic rings. The summed E-state index contributed by atoms with van der Waals surface area (Å²) in [6.07, 6.45) is 0. The molecule has 0 aromatic carbocycles. The molecule has 0 radical (unpaired) electrons. The smallest absolute Gasteiger partial charge is 0.0475 e. The first kappa shape index (κ1) is 7.38. The van der Waals surface area contributed by atoms with E-state index < -0.39 is 0 Å². The fourth-order valence-corrected chi connectivity index (χ4v) is 1.77. The summed E-state index contributed by atoms with van der Waals surface area (Å²) in [5.74, 6) is 0. The quantitative estimate of drug-likeness (QED) is 0.627. The van der Waals surface area contributed by atoms with Gasteiger partial charge in [-0.1, -0.05) is 0 Å². The minimum absolute atomic E-state index is 0. The molecule has 0 spiro atoms. The first-order valence-electron chi connectivity index (χ1n) is 1.38. The normalized spacial score (nSPS) is 17.3. The monoisotopic (exact) mass is 306 g/mol. The van der Waals surface area contributed by atoms with Gasteiger partial charge in [-0.15, -0.1) is 23.5 Å². The first-order valence-corrected chi connectivity index (χ1v) is 3.48. The van der Waals surface area contributed by atoms with E-state index in [1.807, 2.05) is 23.5 Å². The van der Waals surface area contributed by atoms with Crippen LogP contribution in [0.15, 0.2) is 10.8 Å². The molecule has 6 heavy (non-hydrogen) atoms. The van der Waals surface area contributed by atoms with E-state index in [4.69, 9.17) is 0 Å².